The smallest absolute Gasteiger partial charge is 0.101 e. The number of pyridine rings is 1. The minimum absolute atomic E-state index is 0.664. The summed E-state index contributed by atoms with van der Waals surface area (Å²) in [5.41, 5.74) is 6.89. The molecule has 2 nitrogen and oxygen atoms in total. The van der Waals surface area contributed by atoms with Gasteiger partial charge in [-0.15, -0.1) is 0 Å². The summed E-state index contributed by atoms with van der Waals surface area (Å²) in [5.74, 6) is 0. The Balaban J connectivity index is 2.27. The number of rotatable bonds is 4. The predicted molar refractivity (Wildman–Crippen MR) is 75.3 cm³/mol. The van der Waals surface area contributed by atoms with Crippen molar-refractivity contribution in [2.45, 2.75) is 16.3 Å². The highest BCUT2D eigenvalue weighted by atomic mass is 79.9. The topological polar surface area (TPSA) is 38.9 Å². The van der Waals surface area contributed by atoms with E-state index in [1.807, 2.05) is 30.5 Å². The van der Waals surface area contributed by atoms with E-state index >= 15 is 0 Å². The third kappa shape index (κ3) is 3.56. The van der Waals surface area contributed by atoms with E-state index in [2.05, 4.69) is 33.0 Å². The Morgan fingerprint density at radius 3 is 2.82 bits per heavy atom. The van der Waals surface area contributed by atoms with Crippen molar-refractivity contribution in [1.82, 2.24) is 4.98 Å². The molecule has 0 saturated carbocycles. The van der Waals surface area contributed by atoms with Crippen LogP contribution in [0.3, 0.4) is 0 Å². The summed E-state index contributed by atoms with van der Waals surface area (Å²) >= 11 is 5.17. The first-order chi connectivity index (χ1) is 8.29. The Morgan fingerprint density at radius 2 is 2.12 bits per heavy atom. The molecular formula is C13H13BrN2S. The molecule has 1 aromatic heterocycles. The van der Waals surface area contributed by atoms with Crippen molar-refractivity contribution in [2.75, 3.05) is 6.54 Å². The normalized spacial score (nSPS) is 10.5. The number of halogens is 1. The molecule has 0 fully saturated rings. The molecule has 0 radical (unpaired) electrons. The van der Waals surface area contributed by atoms with Crippen LogP contribution in [0, 0.1) is 0 Å². The van der Waals surface area contributed by atoms with E-state index in [4.69, 9.17) is 5.73 Å². The zero-order valence-corrected chi connectivity index (χ0v) is 11.7. The van der Waals surface area contributed by atoms with Crippen LogP contribution in [0.4, 0.5) is 0 Å². The Kier molecular flexibility index (Phi) is 4.59. The molecule has 17 heavy (non-hydrogen) atoms. The number of benzene rings is 1. The Hall–Kier alpha value is -0.840. The van der Waals surface area contributed by atoms with E-state index in [1.165, 1.54) is 10.5 Å². The summed E-state index contributed by atoms with van der Waals surface area (Å²) in [5, 5.41) is 1.00. The number of nitrogens with zero attached hydrogens (tertiary/aromatic N) is 1. The second kappa shape index (κ2) is 6.19. The van der Waals surface area contributed by atoms with Gasteiger partial charge in [0.15, 0.2) is 0 Å². The van der Waals surface area contributed by atoms with Crippen molar-refractivity contribution >= 4 is 27.7 Å². The molecule has 0 aliphatic heterocycles. The van der Waals surface area contributed by atoms with E-state index in [0.717, 1.165) is 15.9 Å². The van der Waals surface area contributed by atoms with Crippen molar-refractivity contribution in [1.29, 1.82) is 0 Å². The molecule has 2 N–H and O–H groups in total. The lowest BCUT2D eigenvalue weighted by Crippen LogP contribution is -2.03. The lowest BCUT2D eigenvalue weighted by Gasteiger charge is -2.08. The zero-order chi connectivity index (χ0) is 12.1. The minimum atomic E-state index is 0.664. The van der Waals surface area contributed by atoms with Crippen molar-refractivity contribution in [3.8, 4) is 0 Å². The summed E-state index contributed by atoms with van der Waals surface area (Å²) in [6.45, 7) is 0.664. The molecule has 0 unspecified atom stereocenters. The monoisotopic (exact) mass is 308 g/mol. The van der Waals surface area contributed by atoms with Gasteiger partial charge in [-0.1, -0.05) is 39.8 Å². The number of nitrogens with two attached hydrogens (primary N) is 1. The van der Waals surface area contributed by atoms with Gasteiger partial charge in [0.05, 0.1) is 0 Å². The van der Waals surface area contributed by atoms with Crippen LogP contribution in [0.25, 0.3) is 0 Å². The molecule has 2 rings (SSSR count). The van der Waals surface area contributed by atoms with Gasteiger partial charge in [0.2, 0.25) is 0 Å². The molecule has 0 atom stereocenters. The minimum Gasteiger partial charge on any atom is -0.330 e. The van der Waals surface area contributed by atoms with Gasteiger partial charge in [-0.2, -0.15) is 0 Å². The molecule has 0 saturated heterocycles. The highest BCUT2D eigenvalue weighted by Crippen LogP contribution is 2.31. The number of hydrogen-bond donors (Lipinski definition) is 1. The molecule has 2 aromatic rings. The highest BCUT2D eigenvalue weighted by molar-refractivity contribution is 9.10. The quantitative estimate of drug-likeness (QED) is 0.939. The van der Waals surface area contributed by atoms with Gasteiger partial charge in [-0.3, -0.25) is 0 Å². The largest absolute Gasteiger partial charge is 0.330 e. The van der Waals surface area contributed by atoms with Crippen molar-refractivity contribution < 1.29 is 0 Å². The van der Waals surface area contributed by atoms with Gasteiger partial charge >= 0.3 is 0 Å². The third-order valence-electron chi connectivity index (χ3n) is 2.30. The Labute approximate surface area is 114 Å². The summed E-state index contributed by atoms with van der Waals surface area (Å²) in [4.78, 5) is 5.53. The first-order valence-electron chi connectivity index (χ1n) is 5.37. The standard InChI is InChI=1S/C13H13BrN2S/c14-11-5-4-10(6-7-15)12(9-11)17-13-3-1-2-8-16-13/h1-5,8-9H,6-7,15H2. The van der Waals surface area contributed by atoms with Crippen LogP contribution < -0.4 is 5.73 Å². The summed E-state index contributed by atoms with van der Waals surface area (Å²) in [6.07, 6.45) is 2.70. The third-order valence-corrected chi connectivity index (χ3v) is 3.84. The van der Waals surface area contributed by atoms with Crippen LogP contribution in [0.1, 0.15) is 5.56 Å². The van der Waals surface area contributed by atoms with Crippen molar-refractivity contribution in [3.05, 3.63) is 52.6 Å². The van der Waals surface area contributed by atoms with E-state index < -0.39 is 0 Å². The molecule has 0 aliphatic carbocycles. The molecule has 0 spiro atoms. The zero-order valence-electron chi connectivity index (χ0n) is 9.27. The second-order valence-electron chi connectivity index (χ2n) is 3.56. The van der Waals surface area contributed by atoms with Gasteiger partial charge in [0, 0.05) is 15.6 Å². The van der Waals surface area contributed by atoms with Crippen molar-refractivity contribution in [3.63, 3.8) is 0 Å². The van der Waals surface area contributed by atoms with Crippen LogP contribution in [0.2, 0.25) is 0 Å². The van der Waals surface area contributed by atoms with E-state index in [-0.39, 0.29) is 0 Å². The van der Waals surface area contributed by atoms with E-state index in [9.17, 15) is 0 Å². The van der Waals surface area contributed by atoms with Gasteiger partial charge in [0.25, 0.3) is 0 Å². The predicted octanol–water partition coefficient (Wildman–Crippen LogP) is 3.50. The molecule has 88 valence electrons. The van der Waals surface area contributed by atoms with E-state index in [1.54, 1.807) is 11.8 Å². The van der Waals surface area contributed by atoms with Crippen molar-refractivity contribution in [2.24, 2.45) is 5.73 Å². The first-order valence-corrected chi connectivity index (χ1v) is 6.98. The maximum absolute atomic E-state index is 5.62. The van der Waals surface area contributed by atoms with E-state index in [0.29, 0.717) is 6.54 Å². The van der Waals surface area contributed by atoms with Gasteiger partial charge in [-0.25, -0.2) is 4.98 Å². The highest BCUT2D eigenvalue weighted by Gasteiger charge is 2.05. The summed E-state index contributed by atoms with van der Waals surface area (Å²) in [7, 11) is 0. The average molecular weight is 309 g/mol. The Bertz CT molecular complexity index is 488. The summed E-state index contributed by atoms with van der Waals surface area (Å²) < 4.78 is 1.08. The van der Waals surface area contributed by atoms with Gasteiger partial charge in [-0.05, 0) is 42.8 Å². The van der Waals surface area contributed by atoms with Crippen LogP contribution in [-0.4, -0.2) is 11.5 Å². The van der Waals surface area contributed by atoms with Gasteiger partial charge < -0.3 is 5.73 Å². The number of hydrogen-bond acceptors (Lipinski definition) is 3. The van der Waals surface area contributed by atoms with Gasteiger partial charge in [0.1, 0.15) is 5.03 Å². The van der Waals surface area contributed by atoms with Crippen LogP contribution in [-0.2, 0) is 6.42 Å². The van der Waals surface area contributed by atoms with Crippen LogP contribution in [0.15, 0.2) is 57.0 Å². The number of aromatic nitrogens is 1. The molecule has 4 heteroatoms. The average Bonchev–Trinajstić information content (AvgIpc) is 2.34. The van der Waals surface area contributed by atoms with Crippen LogP contribution in [0.5, 0.6) is 0 Å². The Morgan fingerprint density at radius 1 is 1.24 bits per heavy atom. The first kappa shape index (κ1) is 12.6. The second-order valence-corrected chi connectivity index (χ2v) is 5.54. The molecule has 0 bridgehead atoms. The fraction of sp³-hybridized carbons (Fsp3) is 0.154. The summed E-state index contributed by atoms with van der Waals surface area (Å²) in [6, 6.07) is 12.2. The SMILES string of the molecule is NCCc1ccc(Br)cc1Sc1ccccn1. The molecule has 1 heterocycles. The molecule has 1 aromatic carbocycles. The molecule has 0 aliphatic rings. The van der Waals surface area contributed by atoms with Crippen LogP contribution >= 0.6 is 27.7 Å². The maximum Gasteiger partial charge on any atom is 0.101 e. The fourth-order valence-electron chi connectivity index (χ4n) is 1.51. The lowest BCUT2D eigenvalue weighted by atomic mass is 10.1. The fourth-order valence-corrected chi connectivity index (χ4v) is 2.99. The molecular weight excluding hydrogens is 296 g/mol. The maximum atomic E-state index is 5.62. The molecule has 0 amide bonds. The lowest BCUT2D eigenvalue weighted by molar-refractivity contribution is 0.942.